The highest BCUT2D eigenvalue weighted by molar-refractivity contribution is 5.84. The number of carboxylic acid groups (broad SMARTS) is 1. The quantitative estimate of drug-likeness (QED) is 0.789. The van der Waals surface area contributed by atoms with Gasteiger partial charge in [0.2, 0.25) is 0 Å². The molecule has 0 aliphatic carbocycles. The molecule has 1 amide bonds. The molecule has 20 heavy (non-hydrogen) atoms. The highest BCUT2D eigenvalue weighted by Gasteiger charge is 2.38. The number of aliphatic carboxylic acids is 1. The Morgan fingerprint density at radius 3 is 2.40 bits per heavy atom. The number of likely N-dealkylation sites (tertiary alicyclic amines) is 1. The second-order valence-electron chi connectivity index (χ2n) is 5.75. The molecule has 1 heterocycles. The van der Waals surface area contributed by atoms with Crippen LogP contribution in [0.4, 0.5) is 4.79 Å². The Kier molecular flexibility index (Phi) is 4.97. The second kappa shape index (κ2) is 6.11. The second-order valence-corrected chi connectivity index (χ2v) is 5.75. The topological polar surface area (TPSA) is 93.1 Å². The third-order valence-corrected chi connectivity index (χ3v) is 2.79. The highest BCUT2D eigenvalue weighted by atomic mass is 16.6. The number of nitrogens with zero attached hydrogens (tertiary/aromatic N) is 1. The molecule has 0 saturated carbocycles. The predicted molar refractivity (Wildman–Crippen MR) is 69.2 cm³/mol. The van der Waals surface area contributed by atoms with Crippen LogP contribution in [0.3, 0.4) is 0 Å². The number of ether oxygens (including phenoxy) is 2. The first-order chi connectivity index (χ1) is 9.11. The fraction of sp³-hybridized carbons (Fsp3) is 0.769. The first-order valence-electron chi connectivity index (χ1n) is 6.55. The summed E-state index contributed by atoms with van der Waals surface area (Å²) < 4.78 is 10.0. The van der Waals surface area contributed by atoms with E-state index in [2.05, 4.69) is 0 Å². The normalized spacial score (nSPS) is 20.4. The Morgan fingerprint density at radius 2 is 1.90 bits per heavy atom. The average Bonchev–Trinajstić information content (AvgIpc) is 2.74. The van der Waals surface area contributed by atoms with E-state index in [1.54, 1.807) is 20.8 Å². The van der Waals surface area contributed by atoms with Crippen LogP contribution in [0, 0.1) is 0 Å². The summed E-state index contributed by atoms with van der Waals surface area (Å²) in [5, 5.41) is 8.72. The van der Waals surface area contributed by atoms with Crippen molar-refractivity contribution in [2.45, 2.75) is 58.3 Å². The van der Waals surface area contributed by atoms with Gasteiger partial charge in [-0.25, -0.2) is 14.4 Å². The predicted octanol–water partition coefficient (Wildman–Crippen LogP) is 1.40. The summed E-state index contributed by atoms with van der Waals surface area (Å²) in [6.45, 7) is 6.88. The lowest BCUT2D eigenvalue weighted by Gasteiger charge is -2.27. The van der Waals surface area contributed by atoms with Crippen LogP contribution >= 0.6 is 0 Å². The fourth-order valence-electron chi connectivity index (χ4n) is 1.85. The van der Waals surface area contributed by atoms with Crippen molar-refractivity contribution in [3.8, 4) is 0 Å². The molecule has 1 aliphatic heterocycles. The van der Waals surface area contributed by atoms with Crippen molar-refractivity contribution < 1.29 is 29.0 Å². The molecule has 0 spiro atoms. The first kappa shape index (κ1) is 16.3. The number of hydrogen-bond donors (Lipinski definition) is 1. The molecular weight excluding hydrogens is 266 g/mol. The number of carbonyl (C=O) groups is 3. The molecule has 1 rings (SSSR count). The van der Waals surface area contributed by atoms with E-state index in [-0.39, 0.29) is 0 Å². The summed E-state index contributed by atoms with van der Waals surface area (Å²) in [6.07, 6.45) is -0.714. The van der Waals surface area contributed by atoms with Crippen LogP contribution in [0.15, 0.2) is 0 Å². The van der Waals surface area contributed by atoms with Crippen molar-refractivity contribution in [2.75, 3.05) is 6.54 Å². The molecule has 0 aromatic rings. The number of carbonyl (C=O) groups excluding carboxylic acids is 2. The van der Waals surface area contributed by atoms with Crippen molar-refractivity contribution in [2.24, 2.45) is 0 Å². The summed E-state index contributed by atoms with van der Waals surface area (Å²) in [7, 11) is 0. The van der Waals surface area contributed by atoms with Gasteiger partial charge < -0.3 is 14.6 Å². The van der Waals surface area contributed by atoms with Crippen molar-refractivity contribution in [1.82, 2.24) is 4.90 Å². The molecule has 0 aromatic carbocycles. The summed E-state index contributed by atoms with van der Waals surface area (Å²) in [5.74, 6) is -1.93. The molecule has 1 saturated heterocycles. The lowest BCUT2D eigenvalue weighted by atomic mass is 10.2. The largest absolute Gasteiger partial charge is 0.479 e. The highest BCUT2D eigenvalue weighted by Crippen LogP contribution is 2.22. The van der Waals surface area contributed by atoms with E-state index >= 15 is 0 Å². The summed E-state index contributed by atoms with van der Waals surface area (Å²) >= 11 is 0. The van der Waals surface area contributed by atoms with Gasteiger partial charge in [0.1, 0.15) is 11.6 Å². The van der Waals surface area contributed by atoms with Crippen molar-refractivity contribution >= 4 is 18.0 Å². The molecule has 7 heteroatoms. The van der Waals surface area contributed by atoms with E-state index < -0.39 is 35.8 Å². The smallest absolute Gasteiger partial charge is 0.411 e. The minimum absolute atomic E-state index is 0.399. The zero-order chi connectivity index (χ0) is 15.5. The van der Waals surface area contributed by atoms with Crippen LogP contribution in [0.2, 0.25) is 0 Å². The molecule has 0 radical (unpaired) electrons. The van der Waals surface area contributed by atoms with Gasteiger partial charge in [0, 0.05) is 6.54 Å². The number of hydrogen-bond acceptors (Lipinski definition) is 5. The van der Waals surface area contributed by atoms with Gasteiger partial charge in [-0.05, 0) is 40.5 Å². The maximum Gasteiger partial charge on any atom is 0.411 e. The van der Waals surface area contributed by atoms with Gasteiger partial charge in [0.25, 0.3) is 0 Å². The maximum atomic E-state index is 12.0. The molecule has 1 aliphatic rings. The van der Waals surface area contributed by atoms with Gasteiger partial charge >= 0.3 is 18.0 Å². The minimum Gasteiger partial charge on any atom is -0.479 e. The third kappa shape index (κ3) is 4.40. The summed E-state index contributed by atoms with van der Waals surface area (Å²) in [4.78, 5) is 35.8. The van der Waals surface area contributed by atoms with Crippen LogP contribution in [0.5, 0.6) is 0 Å². The Morgan fingerprint density at radius 1 is 1.30 bits per heavy atom. The Bertz CT molecular complexity index is 400. The molecule has 1 fully saturated rings. The van der Waals surface area contributed by atoms with Crippen LogP contribution in [-0.2, 0) is 19.1 Å². The Balaban J connectivity index is 2.67. The Hall–Kier alpha value is -1.79. The van der Waals surface area contributed by atoms with Crippen molar-refractivity contribution in [3.63, 3.8) is 0 Å². The zero-order valence-corrected chi connectivity index (χ0v) is 12.2. The van der Waals surface area contributed by atoms with E-state index in [9.17, 15) is 14.4 Å². The average molecular weight is 287 g/mol. The monoisotopic (exact) mass is 287 g/mol. The number of rotatable bonds is 3. The standard InChI is InChI=1S/C13H21NO6/c1-8(10(15)16)19-11(17)9-6-5-7-14(9)12(18)20-13(2,3)4/h8-9H,5-7H2,1-4H3,(H,15,16)/t8?,9-/m0/s1. The van der Waals surface area contributed by atoms with Gasteiger partial charge in [-0.15, -0.1) is 0 Å². The van der Waals surface area contributed by atoms with Crippen LogP contribution < -0.4 is 0 Å². The molecule has 2 atom stereocenters. The summed E-state index contributed by atoms with van der Waals surface area (Å²) in [5.41, 5.74) is -0.650. The summed E-state index contributed by atoms with van der Waals surface area (Å²) in [6, 6.07) is -0.772. The lowest BCUT2D eigenvalue weighted by molar-refractivity contribution is -0.165. The number of esters is 1. The third-order valence-electron chi connectivity index (χ3n) is 2.79. The van der Waals surface area contributed by atoms with E-state index in [4.69, 9.17) is 14.6 Å². The van der Waals surface area contributed by atoms with Gasteiger partial charge in [-0.1, -0.05) is 0 Å². The van der Waals surface area contributed by atoms with Crippen molar-refractivity contribution in [3.05, 3.63) is 0 Å². The van der Waals surface area contributed by atoms with E-state index in [0.29, 0.717) is 19.4 Å². The maximum absolute atomic E-state index is 12.0. The number of amides is 1. The molecular formula is C13H21NO6. The van der Waals surface area contributed by atoms with E-state index in [0.717, 1.165) is 0 Å². The molecule has 1 unspecified atom stereocenters. The Labute approximate surface area is 117 Å². The zero-order valence-electron chi connectivity index (χ0n) is 12.2. The molecule has 0 bridgehead atoms. The lowest BCUT2D eigenvalue weighted by Crippen LogP contribution is -2.45. The molecule has 114 valence electrons. The van der Waals surface area contributed by atoms with Gasteiger partial charge in [-0.2, -0.15) is 0 Å². The van der Waals surface area contributed by atoms with Crippen LogP contribution in [0.1, 0.15) is 40.5 Å². The molecule has 1 N–H and O–H groups in total. The van der Waals surface area contributed by atoms with Gasteiger partial charge in [-0.3, -0.25) is 4.90 Å². The van der Waals surface area contributed by atoms with E-state index in [1.165, 1.54) is 11.8 Å². The minimum atomic E-state index is -1.23. The SMILES string of the molecule is CC(OC(=O)[C@@H]1CCCN1C(=O)OC(C)(C)C)C(=O)O. The first-order valence-corrected chi connectivity index (χ1v) is 6.55. The van der Waals surface area contributed by atoms with Crippen LogP contribution in [-0.4, -0.2) is 52.3 Å². The molecule has 7 nitrogen and oxygen atoms in total. The van der Waals surface area contributed by atoms with E-state index in [1.807, 2.05) is 0 Å². The molecule has 0 aromatic heterocycles. The van der Waals surface area contributed by atoms with Gasteiger partial charge in [0.15, 0.2) is 6.10 Å². The van der Waals surface area contributed by atoms with Gasteiger partial charge in [0.05, 0.1) is 0 Å². The fourth-order valence-corrected chi connectivity index (χ4v) is 1.85. The number of carboxylic acids is 1. The van der Waals surface area contributed by atoms with Crippen molar-refractivity contribution in [1.29, 1.82) is 0 Å². The van der Waals surface area contributed by atoms with Crippen LogP contribution in [0.25, 0.3) is 0 Å².